The fourth-order valence-corrected chi connectivity index (χ4v) is 2.64. The molecule has 0 atom stereocenters. The van der Waals surface area contributed by atoms with E-state index in [-0.39, 0.29) is 5.56 Å². The molecule has 1 N–H and O–H groups in total. The molecule has 1 heterocycles. The zero-order valence-corrected chi connectivity index (χ0v) is 13.1. The molecule has 2 aromatic rings. The van der Waals surface area contributed by atoms with Crippen molar-refractivity contribution < 1.29 is 14.6 Å². The lowest BCUT2D eigenvalue weighted by Gasteiger charge is -2.15. The van der Waals surface area contributed by atoms with Gasteiger partial charge in [0.1, 0.15) is 5.75 Å². The van der Waals surface area contributed by atoms with Crippen LogP contribution < -0.4 is 9.64 Å². The summed E-state index contributed by atoms with van der Waals surface area (Å²) in [6, 6.07) is 5.02. The van der Waals surface area contributed by atoms with E-state index in [9.17, 15) is 4.79 Å². The largest absolute Gasteiger partial charge is 0.493 e. The quantitative estimate of drug-likeness (QED) is 0.889. The number of aryl methyl sites for hydroxylation is 1. The molecule has 2 rings (SSSR count). The van der Waals surface area contributed by atoms with Crippen molar-refractivity contribution in [1.82, 2.24) is 4.98 Å². The highest BCUT2D eigenvalue weighted by Crippen LogP contribution is 2.23. The van der Waals surface area contributed by atoms with E-state index >= 15 is 0 Å². The second-order valence-electron chi connectivity index (χ2n) is 4.87. The number of carboxylic acid groups (broad SMARTS) is 1. The smallest absolute Gasteiger partial charge is 0.335 e. The number of carbonyl (C=O) groups is 1. The maximum absolute atomic E-state index is 11.2. The third-order valence-electron chi connectivity index (χ3n) is 3.10. The van der Waals surface area contributed by atoms with Gasteiger partial charge < -0.3 is 14.7 Å². The third kappa shape index (κ3) is 3.95. The molecule has 0 radical (unpaired) electrons. The number of benzene rings is 1. The van der Waals surface area contributed by atoms with Gasteiger partial charge in [0.2, 0.25) is 0 Å². The molecule has 0 aliphatic heterocycles. The second kappa shape index (κ2) is 6.58. The maximum Gasteiger partial charge on any atom is 0.335 e. The predicted molar refractivity (Wildman–Crippen MR) is 83.8 cm³/mol. The van der Waals surface area contributed by atoms with Gasteiger partial charge in [0.05, 0.1) is 23.4 Å². The first-order valence-electron chi connectivity index (χ1n) is 6.55. The molecular weight excluding hydrogens is 288 g/mol. The zero-order chi connectivity index (χ0) is 15.4. The van der Waals surface area contributed by atoms with Crippen molar-refractivity contribution in [2.45, 2.75) is 13.3 Å². The number of ether oxygens (including phenoxy) is 1. The Morgan fingerprint density at radius 2 is 2.14 bits per heavy atom. The number of rotatable bonds is 6. The molecule has 0 unspecified atom stereocenters. The van der Waals surface area contributed by atoms with Crippen molar-refractivity contribution in [2.24, 2.45) is 0 Å². The average Bonchev–Trinajstić information content (AvgIpc) is 2.84. The minimum atomic E-state index is -0.957. The summed E-state index contributed by atoms with van der Waals surface area (Å²) in [5, 5.41) is 9.15. The molecule has 0 amide bonds. The Morgan fingerprint density at radius 3 is 2.71 bits per heavy atom. The summed E-state index contributed by atoms with van der Waals surface area (Å²) in [6.07, 6.45) is 0.769. The number of thiazole rings is 1. The number of hydrogen-bond donors (Lipinski definition) is 1. The van der Waals surface area contributed by atoms with Crippen LogP contribution in [0.5, 0.6) is 5.75 Å². The first-order valence-corrected chi connectivity index (χ1v) is 7.43. The van der Waals surface area contributed by atoms with E-state index in [1.807, 2.05) is 37.5 Å². The topological polar surface area (TPSA) is 62.7 Å². The summed E-state index contributed by atoms with van der Waals surface area (Å²) >= 11 is 1.61. The van der Waals surface area contributed by atoms with Crippen molar-refractivity contribution in [2.75, 3.05) is 25.6 Å². The van der Waals surface area contributed by atoms with Gasteiger partial charge in [-0.25, -0.2) is 9.78 Å². The highest BCUT2D eigenvalue weighted by molar-refractivity contribution is 7.09. The molecule has 0 aliphatic rings. The van der Waals surface area contributed by atoms with Crippen LogP contribution in [0.15, 0.2) is 23.7 Å². The van der Waals surface area contributed by atoms with Crippen molar-refractivity contribution >= 4 is 23.0 Å². The van der Waals surface area contributed by atoms with Crippen LogP contribution in [0.3, 0.4) is 0 Å². The van der Waals surface area contributed by atoms with Crippen molar-refractivity contribution in [3.05, 3.63) is 39.8 Å². The van der Waals surface area contributed by atoms with Crippen LogP contribution in [0.2, 0.25) is 0 Å². The Morgan fingerprint density at radius 1 is 1.38 bits per heavy atom. The second-order valence-corrected chi connectivity index (χ2v) is 5.81. The Bertz CT molecular complexity index is 638. The van der Waals surface area contributed by atoms with Gasteiger partial charge in [0.25, 0.3) is 0 Å². The monoisotopic (exact) mass is 306 g/mol. The zero-order valence-electron chi connectivity index (χ0n) is 12.3. The number of aromatic carboxylic acids is 1. The van der Waals surface area contributed by atoms with Gasteiger partial charge in [-0.2, -0.15) is 0 Å². The van der Waals surface area contributed by atoms with Gasteiger partial charge in [-0.3, -0.25) is 0 Å². The van der Waals surface area contributed by atoms with Gasteiger partial charge in [-0.1, -0.05) is 0 Å². The van der Waals surface area contributed by atoms with Crippen LogP contribution in [-0.4, -0.2) is 36.8 Å². The summed E-state index contributed by atoms with van der Waals surface area (Å²) in [6.45, 7) is 2.47. The van der Waals surface area contributed by atoms with E-state index in [0.29, 0.717) is 12.4 Å². The van der Waals surface area contributed by atoms with Gasteiger partial charge >= 0.3 is 5.97 Å². The fourth-order valence-electron chi connectivity index (χ4n) is 1.88. The van der Waals surface area contributed by atoms with Gasteiger partial charge in [0, 0.05) is 37.1 Å². The van der Waals surface area contributed by atoms with E-state index in [1.165, 1.54) is 4.88 Å². The summed E-state index contributed by atoms with van der Waals surface area (Å²) < 4.78 is 5.70. The molecule has 0 fully saturated rings. The first-order chi connectivity index (χ1) is 9.97. The number of anilines is 1. The molecule has 1 aromatic heterocycles. The van der Waals surface area contributed by atoms with Crippen molar-refractivity contribution in [3.63, 3.8) is 0 Å². The lowest BCUT2D eigenvalue weighted by Crippen LogP contribution is -2.11. The normalized spacial score (nSPS) is 10.4. The van der Waals surface area contributed by atoms with Crippen LogP contribution in [0.25, 0.3) is 0 Å². The Hall–Kier alpha value is -2.08. The maximum atomic E-state index is 11.2. The molecule has 1 aromatic carbocycles. The standard InChI is InChI=1S/C15H18N2O3S/c1-10-14(21-9-16-10)4-5-20-13-7-11(15(18)19)6-12(8-13)17(2)3/h6-9H,4-5H2,1-3H3,(H,18,19). The molecule has 5 nitrogen and oxygen atoms in total. The van der Waals surface area contributed by atoms with E-state index in [4.69, 9.17) is 9.84 Å². The molecule has 112 valence electrons. The van der Waals surface area contributed by atoms with Crippen LogP contribution >= 0.6 is 11.3 Å². The minimum Gasteiger partial charge on any atom is -0.493 e. The van der Waals surface area contributed by atoms with E-state index in [0.717, 1.165) is 17.8 Å². The van der Waals surface area contributed by atoms with Gasteiger partial charge in [0.15, 0.2) is 0 Å². The highest BCUT2D eigenvalue weighted by Gasteiger charge is 2.09. The third-order valence-corrected chi connectivity index (χ3v) is 4.09. The molecule has 0 spiro atoms. The first kappa shape index (κ1) is 15.3. The van der Waals surface area contributed by atoms with Crippen LogP contribution in [0.4, 0.5) is 5.69 Å². The molecule has 21 heavy (non-hydrogen) atoms. The molecule has 6 heteroatoms. The average molecular weight is 306 g/mol. The summed E-state index contributed by atoms with van der Waals surface area (Å²) in [5.41, 5.74) is 3.88. The van der Waals surface area contributed by atoms with Gasteiger partial charge in [-0.15, -0.1) is 11.3 Å². The Balaban J connectivity index is 2.08. The Kier molecular flexibility index (Phi) is 4.80. The van der Waals surface area contributed by atoms with Crippen molar-refractivity contribution in [1.29, 1.82) is 0 Å². The molecular formula is C15H18N2O3S. The number of aromatic nitrogens is 1. The lowest BCUT2D eigenvalue weighted by molar-refractivity contribution is 0.0696. The van der Waals surface area contributed by atoms with E-state index in [1.54, 1.807) is 23.5 Å². The lowest BCUT2D eigenvalue weighted by atomic mass is 10.2. The number of nitrogens with zero attached hydrogens (tertiary/aromatic N) is 2. The predicted octanol–water partition coefficient (Wildman–Crippen LogP) is 2.84. The minimum absolute atomic E-state index is 0.227. The molecule has 0 aliphatic carbocycles. The molecule has 0 bridgehead atoms. The SMILES string of the molecule is Cc1ncsc1CCOc1cc(C(=O)O)cc(N(C)C)c1. The fraction of sp³-hybridized carbons (Fsp3) is 0.333. The van der Waals surface area contributed by atoms with Crippen molar-refractivity contribution in [3.8, 4) is 5.75 Å². The van der Waals surface area contributed by atoms with E-state index < -0.39 is 5.97 Å². The molecule has 0 saturated carbocycles. The van der Waals surface area contributed by atoms with E-state index in [2.05, 4.69) is 4.98 Å². The van der Waals surface area contributed by atoms with Crippen LogP contribution in [0, 0.1) is 6.92 Å². The van der Waals surface area contributed by atoms with Crippen LogP contribution in [-0.2, 0) is 6.42 Å². The number of carboxylic acids is 1. The van der Waals surface area contributed by atoms with Crippen LogP contribution in [0.1, 0.15) is 20.9 Å². The summed E-state index contributed by atoms with van der Waals surface area (Å²) in [4.78, 5) is 18.4. The molecule has 0 saturated heterocycles. The summed E-state index contributed by atoms with van der Waals surface area (Å²) in [5.74, 6) is -0.386. The summed E-state index contributed by atoms with van der Waals surface area (Å²) in [7, 11) is 3.73. The number of hydrogen-bond acceptors (Lipinski definition) is 5. The van der Waals surface area contributed by atoms with Gasteiger partial charge in [-0.05, 0) is 19.1 Å². The Labute approximate surface area is 127 Å². The highest BCUT2D eigenvalue weighted by atomic mass is 32.1.